The van der Waals surface area contributed by atoms with Gasteiger partial charge >= 0.3 is 5.97 Å². The van der Waals surface area contributed by atoms with Gasteiger partial charge in [-0.1, -0.05) is 20.3 Å². The molecule has 0 saturated carbocycles. The lowest BCUT2D eigenvalue weighted by Crippen LogP contribution is -2.25. The van der Waals surface area contributed by atoms with Crippen molar-refractivity contribution >= 4 is 5.97 Å². The monoisotopic (exact) mass is 258 g/mol. The van der Waals surface area contributed by atoms with Gasteiger partial charge in [0.2, 0.25) is 0 Å². The Morgan fingerprint density at radius 2 is 2.00 bits per heavy atom. The molecule has 1 N–H and O–H groups in total. The van der Waals surface area contributed by atoms with Crippen LogP contribution in [0.1, 0.15) is 46.0 Å². The molecular weight excluding hydrogens is 228 g/mol. The molecule has 0 bridgehead atoms. The number of carbonyl (C=O) groups is 1. The molecule has 0 saturated heterocycles. The third-order valence-corrected chi connectivity index (χ3v) is 2.83. The zero-order valence-corrected chi connectivity index (χ0v) is 12.5. The predicted octanol–water partition coefficient (Wildman–Crippen LogP) is 2.04. The number of nitrogens with one attached hydrogen (secondary N) is 1. The molecule has 108 valence electrons. The Morgan fingerprint density at radius 1 is 1.28 bits per heavy atom. The van der Waals surface area contributed by atoms with Crippen LogP contribution < -0.4 is 5.32 Å². The van der Waals surface area contributed by atoms with Gasteiger partial charge in [-0.15, -0.1) is 0 Å². The van der Waals surface area contributed by atoms with Crippen LogP contribution in [0, 0.1) is 0 Å². The highest BCUT2D eigenvalue weighted by Crippen LogP contribution is 2.07. The molecule has 4 nitrogen and oxygen atoms in total. The van der Waals surface area contributed by atoms with E-state index >= 15 is 0 Å². The van der Waals surface area contributed by atoms with Gasteiger partial charge in [0, 0.05) is 6.54 Å². The zero-order chi connectivity index (χ0) is 13.8. The summed E-state index contributed by atoms with van der Waals surface area (Å²) in [5.41, 5.74) is 0. The number of esters is 1. The highest BCUT2D eigenvalue weighted by molar-refractivity contribution is 5.69. The minimum Gasteiger partial charge on any atom is -0.462 e. The van der Waals surface area contributed by atoms with E-state index < -0.39 is 0 Å². The molecule has 0 spiro atoms. The molecule has 4 heteroatoms. The van der Waals surface area contributed by atoms with E-state index in [1.807, 2.05) is 0 Å². The first kappa shape index (κ1) is 17.4. The molecule has 0 aliphatic carbocycles. The van der Waals surface area contributed by atoms with Crippen LogP contribution in [-0.4, -0.2) is 50.7 Å². The zero-order valence-electron chi connectivity index (χ0n) is 12.5. The summed E-state index contributed by atoms with van der Waals surface area (Å²) in [6.45, 7) is 6.92. The van der Waals surface area contributed by atoms with Gasteiger partial charge in [-0.25, -0.2) is 0 Å². The lowest BCUT2D eigenvalue weighted by molar-refractivity contribution is -0.149. The summed E-state index contributed by atoms with van der Waals surface area (Å²) >= 11 is 0. The summed E-state index contributed by atoms with van der Waals surface area (Å²) in [5.74, 6) is -0.0737. The summed E-state index contributed by atoms with van der Waals surface area (Å²) in [5, 5.41) is 3.27. The van der Waals surface area contributed by atoms with Gasteiger partial charge in [-0.05, 0) is 46.4 Å². The van der Waals surface area contributed by atoms with E-state index in [9.17, 15) is 4.79 Å². The Morgan fingerprint density at radius 3 is 2.56 bits per heavy atom. The van der Waals surface area contributed by atoms with E-state index in [4.69, 9.17) is 4.74 Å². The topological polar surface area (TPSA) is 41.6 Å². The fraction of sp³-hybridized carbons (Fsp3) is 0.929. The van der Waals surface area contributed by atoms with Crippen LogP contribution in [0.3, 0.4) is 0 Å². The second kappa shape index (κ2) is 11.5. The standard InChI is InChI=1S/C14H30N2O2/c1-5-8-13(6-2)18-14(17)9-11-15-10-7-12-16(3)4/h13,15H,5-12H2,1-4H3. The fourth-order valence-corrected chi connectivity index (χ4v) is 1.75. The third-order valence-electron chi connectivity index (χ3n) is 2.83. The van der Waals surface area contributed by atoms with Gasteiger partial charge in [-0.3, -0.25) is 4.79 Å². The van der Waals surface area contributed by atoms with Crippen molar-refractivity contribution in [3.63, 3.8) is 0 Å². The molecule has 0 aliphatic rings. The fourth-order valence-electron chi connectivity index (χ4n) is 1.75. The van der Waals surface area contributed by atoms with Crippen molar-refractivity contribution in [3.8, 4) is 0 Å². The van der Waals surface area contributed by atoms with Crippen molar-refractivity contribution in [1.29, 1.82) is 0 Å². The maximum atomic E-state index is 11.6. The second-order valence-corrected chi connectivity index (χ2v) is 4.97. The summed E-state index contributed by atoms with van der Waals surface area (Å²) in [6.07, 6.45) is 4.64. The number of nitrogens with zero attached hydrogens (tertiary/aromatic N) is 1. The highest BCUT2D eigenvalue weighted by atomic mass is 16.5. The maximum Gasteiger partial charge on any atom is 0.307 e. The van der Waals surface area contributed by atoms with E-state index in [1.165, 1.54) is 0 Å². The molecule has 0 aromatic heterocycles. The van der Waals surface area contributed by atoms with Crippen molar-refractivity contribution in [2.75, 3.05) is 33.7 Å². The number of ether oxygens (including phenoxy) is 1. The van der Waals surface area contributed by atoms with Gasteiger partial charge in [0.1, 0.15) is 6.10 Å². The van der Waals surface area contributed by atoms with Crippen molar-refractivity contribution in [1.82, 2.24) is 10.2 Å². The van der Waals surface area contributed by atoms with Crippen molar-refractivity contribution in [2.24, 2.45) is 0 Å². The quantitative estimate of drug-likeness (QED) is 0.455. The van der Waals surface area contributed by atoms with Crippen LogP contribution in [0.25, 0.3) is 0 Å². The van der Waals surface area contributed by atoms with Crippen molar-refractivity contribution in [2.45, 2.75) is 52.1 Å². The first-order valence-corrected chi connectivity index (χ1v) is 7.15. The first-order chi connectivity index (χ1) is 8.60. The number of hydrogen-bond donors (Lipinski definition) is 1. The van der Waals surface area contributed by atoms with Crippen molar-refractivity contribution in [3.05, 3.63) is 0 Å². The minimum absolute atomic E-state index is 0.0737. The average molecular weight is 258 g/mol. The van der Waals surface area contributed by atoms with Gasteiger partial charge < -0.3 is 15.0 Å². The van der Waals surface area contributed by atoms with Gasteiger partial charge in [0.15, 0.2) is 0 Å². The van der Waals surface area contributed by atoms with Crippen LogP contribution >= 0.6 is 0 Å². The van der Waals surface area contributed by atoms with E-state index in [0.29, 0.717) is 6.42 Å². The summed E-state index contributed by atoms with van der Waals surface area (Å²) in [6, 6.07) is 0. The molecule has 0 rings (SSSR count). The minimum atomic E-state index is -0.0737. The van der Waals surface area contributed by atoms with Crippen LogP contribution in [0.4, 0.5) is 0 Å². The maximum absolute atomic E-state index is 11.6. The van der Waals surface area contributed by atoms with Gasteiger partial charge in [-0.2, -0.15) is 0 Å². The second-order valence-electron chi connectivity index (χ2n) is 4.97. The number of carbonyl (C=O) groups excluding carboxylic acids is 1. The number of hydrogen-bond acceptors (Lipinski definition) is 4. The summed E-state index contributed by atoms with van der Waals surface area (Å²) < 4.78 is 5.40. The summed E-state index contributed by atoms with van der Waals surface area (Å²) in [7, 11) is 4.13. The molecule has 1 atom stereocenters. The lowest BCUT2D eigenvalue weighted by Gasteiger charge is -2.15. The van der Waals surface area contributed by atoms with Gasteiger partial charge in [0.25, 0.3) is 0 Å². The van der Waals surface area contributed by atoms with Gasteiger partial charge in [0.05, 0.1) is 6.42 Å². The average Bonchev–Trinajstić information content (AvgIpc) is 2.32. The van der Waals surface area contributed by atoms with Crippen LogP contribution in [0.15, 0.2) is 0 Å². The van der Waals surface area contributed by atoms with E-state index in [0.717, 1.165) is 45.3 Å². The molecule has 1 unspecified atom stereocenters. The molecule has 0 heterocycles. The highest BCUT2D eigenvalue weighted by Gasteiger charge is 2.10. The van der Waals surface area contributed by atoms with E-state index in [2.05, 4.69) is 38.2 Å². The molecule has 0 amide bonds. The predicted molar refractivity (Wildman–Crippen MR) is 75.7 cm³/mol. The van der Waals surface area contributed by atoms with Crippen LogP contribution in [0.5, 0.6) is 0 Å². The molecule has 0 aromatic rings. The van der Waals surface area contributed by atoms with E-state index in [1.54, 1.807) is 0 Å². The molecule has 0 aliphatic heterocycles. The molecule has 0 fully saturated rings. The third kappa shape index (κ3) is 10.5. The van der Waals surface area contributed by atoms with Crippen LogP contribution in [-0.2, 0) is 9.53 Å². The van der Waals surface area contributed by atoms with Crippen LogP contribution in [0.2, 0.25) is 0 Å². The Hall–Kier alpha value is -0.610. The normalized spacial score (nSPS) is 12.7. The Balaban J connectivity index is 3.46. The van der Waals surface area contributed by atoms with E-state index in [-0.39, 0.29) is 12.1 Å². The molecular formula is C14H30N2O2. The number of rotatable bonds is 11. The SMILES string of the molecule is CCCC(CC)OC(=O)CCNCCCN(C)C. The smallest absolute Gasteiger partial charge is 0.307 e. The largest absolute Gasteiger partial charge is 0.462 e. The molecule has 18 heavy (non-hydrogen) atoms. The Kier molecular flexibility index (Phi) is 11.1. The summed E-state index contributed by atoms with van der Waals surface area (Å²) in [4.78, 5) is 13.7. The Labute approximate surface area is 112 Å². The molecule has 0 radical (unpaired) electrons. The first-order valence-electron chi connectivity index (χ1n) is 7.15. The Bertz CT molecular complexity index is 208. The van der Waals surface area contributed by atoms with Crippen molar-refractivity contribution < 1.29 is 9.53 Å². The lowest BCUT2D eigenvalue weighted by atomic mass is 10.1. The molecule has 0 aromatic carbocycles.